The van der Waals surface area contributed by atoms with E-state index >= 15 is 0 Å². The van der Waals surface area contributed by atoms with E-state index in [4.69, 9.17) is 13.9 Å². The Kier molecular flexibility index (Phi) is 6.81. The third kappa shape index (κ3) is 4.97. The zero-order valence-corrected chi connectivity index (χ0v) is 18.9. The Balaban J connectivity index is 1.83. The molecule has 1 unspecified atom stereocenters. The fourth-order valence-electron chi connectivity index (χ4n) is 2.84. The van der Waals surface area contributed by atoms with E-state index in [-0.39, 0.29) is 10.9 Å². The molecule has 10 heteroatoms. The molecule has 0 aliphatic carbocycles. The predicted molar refractivity (Wildman–Crippen MR) is 117 cm³/mol. The first-order valence-electron chi connectivity index (χ1n) is 9.70. The minimum atomic E-state index is -3.68. The van der Waals surface area contributed by atoms with E-state index in [1.165, 1.54) is 20.2 Å². The maximum absolute atomic E-state index is 12.7. The molecule has 166 valence electrons. The van der Waals surface area contributed by atoms with Gasteiger partial charge in [0.2, 0.25) is 21.8 Å². The normalized spacial score (nSPS) is 12.6. The average molecular weight is 447 g/mol. The summed E-state index contributed by atoms with van der Waals surface area (Å²) in [6, 6.07) is 11.9. The lowest BCUT2D eigenvalue weighted by Crippen LogP contribution is -2.23. The molecule has 0 aliphatic rings. The van der Waals surface area contributed by atoms with Crippen LogP contribution >= 0.6 is 0 Å². The van der Waals surface area contributed by atoms with Crippen molar-refractivity contribution < 1.29 is 22.3 Å². The van der Waals surface area contributed by atoms with Gasteiger partial charge in [-0.05, 0) is 56.3 Å². The van der Waals surface area contributed by atoms with Crippen molar-refractivity contribution in [1.29, 1.82) is 0 Å². The van der Waals surface area contributed by atoms with Gasteiger partial charge < -0.3 is 19.2 Å². The smallest absolute Gasteiger partial charge is 0.247 e. The monoisotopic (exact) mass is 446 g/mol. The molecule has 2 aromatic carbocycles. The second-order valence-electron chi connectivity index (χ2n) is 6.92. The number of anilines is 1. The first-order valence-corrected chi connectivity index (χ1v) is 11.1. The third-order valence-electron chi connectivity index (χ3n) is 4.53. The van der Waals surface area contributed by atoms with Crippen LogP contribution in [0.4, 0.5) is 5.69 Å². The van der Waals surface area contributed by atoms with Crippen molar-refractivity contribution in [3.05, 3.63) is 48.4 Å². The Morgan fingerprint density at radius 2 is 1.84 bits per heavy atom. The SMILES string of the molecule is CCOc1ccc(NC(C)c2nnc(-c3ccc(OC)cc3)o2)cc1S(=O)(=O)N(C)C. The number of nitrogens with one attached hydrogen (secondary N) is 1. The second-order valence-corrected chi connectivity index (χ2v) is 9.04. The summed E-state index contributed by atoms with van der Waals surface area (Å²) in [6.07, 6.45) is 0. The number of benzene rings is 2. The standard InChI is InChI=1S/C21H26N4O5S/c1-6-29-18-12-9-16(13-19(18)31(26,27)25(3)4)22-14(2)20-23-24-21(30-20)15-7-10-17(28-5)11-8-15/h7-14,22H,6H2,1-5H3. The van der Waals surface area contributed by atoms with Gasteiger partial charge in [0.1, 0.15) is 22.4 Å². The predicted octanol–water partition coefficient (Wildman–Crippen LogP) is 3.57. The number of rotatable bonds is 9. The summed E-state index contributed by atoms with van der Waals surface area (Å²) in [7, 11) is 0.875. The topological polar surface area (TPSA) is 107 Å². The van der Waals surface area contributed by atoms with Crippen LogP contribution in [0.3, 0.4) is 0 Å². The highest BCUT2D eigenvalue weighted by Crippen LogP contribution is 2.31. The van der Waals surface area contributed by atoms with Crippen LogP contribution in [0, 0.1) is 0 Å². The van der Waals surface area contributed by atoms with E-state index in [1.807, 2.05) is 31.2 Å². The van der Waals surface area contributed by atoms with E-state index in [2.05, 4.69) is 15.5 Å². The van der Waals surface area contributed by atoms with E-state index in [0.29, 0.717) is 29.8 Å². The van der Waals surface area contributed by atoms with Gasteiger partial charge in [-0.25, -0.2) is 12.7 Å². The zero-order valence-electron chi connectivity index (χ0n) is 18.1. The van der Waals surface area contributed by atoms with E-state index in [0.717, 1.165) is 15.6 Å². The van der Waals surface area contributed by atoms with Crippen LogP contribution in [-0.4, -0.2) is 50.7 Å². The number of hydrogen-bond donors (Lipinski definition) is 1. The Labute approximate surface area is 182 Å². The minimum absolute atomic E-state index is 0.0843. The zero-order chi connectivity index (χ0) is 22.6. The summed E-state index contributed by atoms with van der Waals surface area (Å²) in [5, 5.41) is 11.4. The molecule has 1 atom stereocenters. The number of nitrogens with zero attached hydrogens (tertiary/aromatic N) is 3. The summed E-state index contributed by atoms with van der Waals surface area (Å²) in [4.78, 5) is 0.0843. The van der Waals surface area contributed by atoms with Gasteiger partial charge in [0.05, 0.1) is 13.7 Å². The van der Waals surface area contributed by atoms with Crippen molar-refractivity contribution in [3.63, 3.8) is 0 Å². The van der Waals surface area contributed by atoms with Crippen LogP contribution in [0.5, 0.6) is 11.5 Å². The summed E-state index contributed by atoms with van der Waals surface area (Å²) in [5.41, 5.74) is 1.35. The number of ether oxygens (including phenoxy) is 2. The highest BCUT2D eigenvalue weighted by molar-refractivity contribution is 7.89. The van der Waals surface area contributed by atoms with Crippen LogP contribution in [0.1, 0.15) is 25.8 Å². The number of aromatic nitrogens is 2. The molecule has 1 aromatic heterocycles. The maximum Gasteiger partial charge on any atom is 0.247 e. The quantitative estimate of drug-likeness (QED) is 0.532. The van der Waals surface area contributed by atoms with Crippen molar-refractivity contribution in [1.82, 2.24) is 14.5 Å². The van der Waals surface area contributed by atoms with Crippen LogP contribution in [0.25, 0.3) is 11.5 Å². The molecule has 1 N–H and O–H groups in total. The molecular weight excluding hydrogens is 420 g/mol. The molecule has 0 saturated heterocycles. The van der Waals surface area contributed by atoms with Crippen molar-refractivity contribution in [2.45, 2.75) is 24.8 Å². The molecular formula is C21H26N4O5S. The first-order chi connectivity index (χ1) is 14.8. The molecule has 0 fully saturated rings. The highest BCUT2D eigenvalue weighted by atomic mass is 32.2. The summed E-state index contributed by atoms with van der Waals surface area (Å²) in [6.45, 7) is 4.01. The number of methoxy groups -OCH3 is 1. The average Bonchev–Trinajstić information content (AvgIpc) is 3.25. The largest absolute Gasteiger partial charge is 0.497 e. The molecule has 3 rings (SSSR count). The third-order valence-corrected chi connectivity index (χ3v) is 6.37. The lowest BCUT2D eigenvalue weighted by atomic mass is 10.2. The molecule has 9 nitrogen and oxygen atoms in total. The molecule has 0 saturated carbocycles. The molecule has 3 aromatic rings. The Morgan fingerprint density at radius 1 is 1.13 bits per heavy atom. The second kappa shape index (κ2) is 9.36. The first kappa shape index (κ1) is 22.6. The Hall–Kier alpha value is -3.11. The van der Waals surface area contributed by atoms with Gasteiger partial charge in [-0.3, -0.25) is 0 Å². The lowest BCUT2D eigenvalue weighted by Gasteiger charge is -2.18. The van der Waals surface area contributed by atoms with Crippen molar-refractivity contribution in [2.75, 3.05) is 33.1 Å². The maximum atomic E-state index is 12.7. The van der Waals surface area contributed by atoms with Gasteiger partial charge in [-0.15, -0.1) is 10.2 Å². The van der Waals surface area contributed by atoms with E-state index in [9.17, 15) is 8.42 Å². The van der Waals surface area contributed by atoms with Crippen molar-refractivity contribution in [3.8, 4) is 23.0 Å². The van der Waals surface area contributed by atoms with Gasteiger partial charge in [0, 0.05) is 25.3 Å². The van der Waals surface area contributed by atoms with Gasteiger partial charge in [0.15, 0.2) is 0 Å². The highest BCUT2D eigenvalue weighted by Gasteiger charge is 2.24. The molecule has 0 amide bonds. The number of hydrogen-bond acceptors (Lipinski definition) is 8. The minimum Gasteiger partial charge on any atom is -0.497 e. The molecule has 31 heavy (non-hydrogen) atoms. The van der Waals surface area contributed by atoms with E-state index in [1.54, 1.807) is 26.2 Å². The van der Waals surface area contributed by atoms with Crippen molar-refractivity contribution >= 4 is 15.7 Å². The lowest BCUT2D eigenvalue weighted by molar-refractivity contribution is 0.330. The summed E-state index contributed by atoms with van der Waals surface area (Å²) < 4.78 is 43.0. The van der Waals surface area contributed by atoms with Crippen molar-refractivity contribution in [2.24, 2.45) is 0 Å². The Bertz CT molecular complexity index is 1130. The number of sulfonamides is 1. The van der Waals surface area contributed by atoms with Crippen LogP contribution < -0.4 is 14.8 Å². The molecule has 0 radical (unpaired) electrons. The van der Waals surface area contributed by atoms with E-state index < -0.39 is 10.0 Å². The summed E-state index contributed by atoms with van der Waals surface area (Å²) >= 11 is 0. The van der Waals surface area contributed by atoms with Gasteiger partial charge in [0.25, 0.3) is 0 Å². The fourth-order valence-corrected chi connectivity index (χ4v) is 3.89. The molecule has 1 heterocycles. The summed E-state index contributed by atoms with van der Waals surface area (Å²) in [5.74, 6) is 1.79. The van der Waals surface area contributed by atoms with Crippen LogP contribution in [-0.2, 0) is 10.0 Å². The fraction of sp³-hybridized carbons (Fsp3) is 0.333. The van der Waals surface area contributed by atoms with Crippen LogP contribution in [0.15, 0.2) is 51.8 Å². The molecule has 0 bridgehead atoms. The van der Waals surface area contributed by atoms with Gasteiger partial charge in [-0.1, -0.05) is 0 Å². The Morgan fingerprint density at radius 3 is 2.45 bits per heavy atom. The van der Waals surface area contributed by atoms with Gasteiger partial charge in [-0.2, -0.15) is 0 Å². The van der Waals surface area contributed by atoms with Crippen LogP contribution in [0.2, 0.25) is 0 Å². The molecule has 0 spiro atoms. The molecule has 0 aliphatic heterocycles. The van der Waals surface area contributed by atoms with Gasteiger partial charge >= 0.3 is 0 Å².